The fourth-order valence-electron chi connectivity index (χ4n) is 2.10. The van der Waals surface area contributed by atoms with Gasteiger partial charge in [0.2, 0.25) is 0 Å². The average molecular weight is 316 g/mol. The largest absolute Gasteiger partial charge is 0.383 e. The third-order valence-corrected chi connectivity index (χ3v) is 3.60. The second-order valence-corrected chi connectivity index (χ2v) is 5.31. The Balaban J connectivity index is 2.94. The number of hydrogen-bond donors (Lipinski definition) is 1. The molecule has 0 aliphatic carbocycles. The molecule has 0 saturated heterocycles. The SMILES string of the molecule is CCNCc1cc(N(CCOC)C(C)COC)ncc1Cl. The lowest BCUT2D eigenvalue weighted by Gasteiger charge is -2.30. The first-order chi connectivity index (χ1) is 10.1. The minimum absolute atomic E-state index is 0.214. The van der Waals surface area contributed by atoms with Crippen molar-refractivity contribution < 1.29 is 9.47 Å². The summed E-state index contributed by atoms with van der Waals surface area (Å²) in [5, 5.41) is 3.97. The van der Waals surface area contributed by atoms with Crippen LogP contribution >= 0.6 is 11.6 Å². The van der Waals surface area contributed by atoms with Crippen molar-refractivity contribution in [1.82, 2.24) is 10.3 Å². The van der Waals surface area contributed by atoms with E-state index in [4.69, 9.17) is 21.1 Å². The number of nitrogens with zero attached hydrogens (tertiary/aromatic N) is 2. The molecular weight excluding hydrogens is 290 g/mol. The van der Waals surface area contributed by atoms with E-state index in [-0.39, 0.29) is 6.04 Å². The van der Waals surface area contributed by atoms with E-state index in [1.165, 1.54) is 0 Å². The van der Waals surface area contributed by atoms with Crippen molar-refractivity contribution in [2.45, 2.75) is 26.4 Å². The van der Waals surface area contributed by atoms with Crippen LogP contribution in [0.25, 0.3) is 0 Å². The molecule has 1 heterocycles. The molecule has 0 saturated carbocycles. The Labute approximate surface area is 132 Å². The number of halogens is 1. The van der Waals surface area contributed by atoms with Gasteiger partial charge in [-0.2, -0.15) is 0 Å². The van der Waals surface area contributed by atoms with Crippen molar-refractivity contribution in [3.05, 3.63) is 22.8 Å². The van der Waals surface area contributed by atoms with Crippen LogP contribution in [0.3, 0.4) is 0 Å². The highest BCUT2D eigenvalue weighted by atomic mass is 35.5. The van der Waals surface area contributed by atoms with Crippen molar-refractivity contribution in [3.8, 4) is 0 Å². The van der Waals surface area contributed by atoms with Gasteiger partial charge in [-0.05, 0) is 25.1 Å². The first-order valence-corrected chi connectivity index (χ1v) is 7.61. The zero-order valence-electron chi connectivity index (χ0n) is 13.4. The molecule has 0 spiro atoms. The van der Waals surface area contributed by atoms with Crippen LogP contribution in [-0.2, 0) is 16.0 Å². The van der Waals surface area contributed by atoms with Gasteiger partial charge in [0, 0.05) is 33.5 Å². The molecular formula is C15H26ClN3O2. The van der Waals surface area contributed by atoms with Crippen LogP contribution in [0.4, 0.5) is 5.82 Å². The van der Waals surface area contributed by atoms with Crippen LogP contribution in [0.15, 0.2) is 12.3 Å². The Morgan fingerprint density at radius 1 is 1.38 bits per heavy atom. The summed E-state index contributed by atoms with van der Waals surface area (Å²) in [7, 11) is 3.40. The average Bonchev–Trinajstić information content (AvgIpc) is 2.48. The summed E-state index contributed by atoms with van der Waals surface area (Å²) in [5.74, 6) is 0.897. The summed E-state index contributed by atoms with van der Waals surface area (Å²) in [6.45, 7) is 7.86. The molecule has 0 aromatic carbocycles. The predicted octanol–water partition coefficient (Wildman–Crippen LogP) is 2.33. The van der Waals surface area contributed by atoms with Crippen LogP contribution < -0.4 is 10.2 Å². The smallest absolute Gasteiger partial charge is 0.129 e. The summed E-state index contributed by atoms with van der Waals surface area (Å²) in [6, 6.07) is 2.25. The van der Waals surface area contributed by atoms with Gasteiger partial charge < -0.3 is 19.7 Å². The maximum Gasteiger partial charge on any atom is 0.129 e. The zero-order valence-corrected chi connectivity index (χ0v) is 14.1. The summed E-state index contributed by atoms with van der Waals surface area (Å²) in [5.41, 5.74) is 1.05. The predicted molar refractivity (Wildman–Crippen MR) is 87.2 cm³/mol. The van der Waals surface area contributed by atoms with E-state index in [0.717, 1.165) is 31.0 Å². The third-order valence-electron chi connectivity index (χ3n) is 3.26. The van der Waals surface area contributed by atoms with Crippen LogP contribution in [0.5, 0.6) is 0 Å². The van der Waals surface area contributed by atoms with Gasteiger partial charge >= 0.3 is 0 Å². The van der Waals surface area contributed by atoms with Crippen LogP contribution in [0.1, 0.15) is 19.4 Å². The molecule has 0 radical (unpaired) electrons. The standard InChI is InChI=1S/C15H26ClN3O2/c1-5-17-9-13-8-15(18-10-14(13)16)19(6-7-20-3)12(2)11-21-4/h8,10,12,17H,5-7,9,11H2,1-4H3. The fraction of sp³-hybridized carbons (Fsp3) is 0.667. The minimum atomic E-state index is 0.214. The van der Waals surface area contributed by atoms with Gasteiger partial charge in [-0.25, -0.2) is 4.98 Å². The first-order valence-electron chi connectivity index (χ1n) is 7.23. The molecule has 0 aliphatic heterocycles. The Kier molecular flexibility index (Phi) is 8.61. The highest BCUT2D eigenvalue weighted by Gasteiger charge is 2.16. The van der Waals surface area contributed by atoms with Crippen LogP contribution in [0, 0.1) is 0 Å². The van der Waals surface area contributed by atoms with E-state index in [1.807, 2.05) is 6.07 Å². The monoisotopic (exact) mass is 315 g/mol. The van der Waals surface area contributed by atoms with Gasteiger partial charge in [0.15, 0.2) is 0 Å². The summed E-state index contributed by atoms with van der Waals surface area (Å²) in [4.78, 5) is 6.64. The number of hydrogen-bond acceptors (Lipinski definition) is 5. The normalized spacial score (nSPS) is 12.4. The molecule has 1 aromatic heterocycles. The van der Waals surface area contributed by atoms with Gasteiger partial charge in [-0.3, -0.25) is 0 Å². The molecule has 5 nitrogen and oxygen atoms in total. The van der Waals surface area contributed by atoms with E-state index in [9.17, 15) is 0 Å². The topological polar surface area (TPSA) is 46.6 Å². The molecule has 120 valence electrons. The Morgan fingerprint density at radius 3 is 2.76 bits per heavy atom. The molecule has 1 aromatic rings. The Hall–Kier alpha value is -0.880. The maximum absolute atomic E-state index is 6.21. The molecule has 0 fully saturated rings. The number of rotatable bonds is 10. The number of aromatic nitrogens is 1. The number of anilines is 1. The van der Waals surface area contributed by atoms with Crippen molar-refractivity contribution in [3.63, 3.8) is 0 Å². The first kappa shape index (κ1) is 18.2. The molecule has 0 bridgehead atoms. The van der Waals surface area contributed by atoms with Crippen molar-refractivity contribution >= 4 is 17.4 Å². The molecule has 1 unspecified atom stereocenters. The fourth-order valence-corrected chi connectivity index (χ4v) is 2.27. The summed E-state index contributed by atoms with van der Waals surface area (Å²) >= 11 is 6.21. The quantitative estimate of drug-likeness (QED) is 0.718. The molecule has 0 amide bonds. The van der Waals surface area contributed by atoms with E-state index in [2.05, 4.69) is 29.0 Å². The highest BCUT2D eigenvalue weighted by molar-refractivity contribution is 6.31. The highest BCUT2D eigenvalue weighted by Crippen LogP contribution is 2.22. The molecule has 0 aliphatic rings. The van der Waals surface area contributed by atoms with Gasteiger partial charge in [0.25, 0.3) is 0 Å². The Bertz CT molecular complexity index is 418. The van der Waals surface area contributed by atoms with Gasteiger partial charge in [0.1, 0.15) is 5.82 Å². The van der Waals surface area contributed by atoms with Gasteiger partial charge in [-0.15, -0.1) is 0 Å². The molecule has 6 heteroatoms. The molecule has 1 atom stereocenters. The van der Waals surface area contributed by atoms with Crippen molar-refractivity contribution in [2.24, 2.45) is 0 Å². The molecule has 21 heavy (non-hydrogen) atoms. The summed E-state index contributed by atoms with van der Waals surface area (Å²) in [6.07, 6.45) is 1.71. The second-order valence-electron chi connectivity index (χ2n) is 4.90. The van der Waals surface area contributed by atoms with Crippen molar-refractivity contribution in [2.75, 3.05) is 45.4 Å². The lowest BCUT2D eigenvalue weighted by molar-refractivity contribution is 0.170. The summed E-state index contributed by atoms with van der Waals surface area (Å²) < 4.78 is 10.4. The van der Waals surface area contributed by atoms with Crippen LogP contribution in [-0.4, -0.2) is 51.5 Å². The second kappa shape index (κ2) is 9.95. The van der Waals surface area contributed by atoms with Crippen molar-refractivity contribution in [1.29, 1.82) is 0 Å². The van der Waals surface area contributed by atoms with E-state index < -0.39 is 0 Å². The van der Waals surface area contributed by atoms with E-state index >= 15 is 0 Å². The van der Waals surface area contributed by atoms with Gasteiger partial charge in [-0.1, -0.05) is 18.5 Å². The number of pyridine rings is 1. The van der Waals surface area contributed by atoms with Crippen LogP contribution in [0.2, 0.25) is 5.02 Å². The number of ether oxygens (including phenoxy) is 2. The third kappa shape index (κ3) is 5.79. The number of methoxy groups -OCH3 is 2. The Morgan fingerprint density at radius 2 is 2.14 bits per heavy atom. The van der Waals surface area contributed by atoms with Gasteiger partial charge in [0.05, 0.1) is 24.3 Å². The van der Waals surface area contributed by atoms with E-state index in [1.54, 1.807) is 20.4 Å². The lowest BCUT2D eigenvalue weighted by atomic mass is 10.2. The molecule has 1 N–H and O–H groups in total. The number of nitrogens with one attached hydrogen (secondary N) is 1. The minimum Gasteiger partial charge on any atom is -0.383 e. The lowest BCUT2D eigenvalue weighted by Crippen LogP contribution is -2.39. The molecule has 1 rings (SSSR count). The zero-order chi connectivity index (χ0) is 15.7. The van der Waals surface area contributed by atoms with E-state index in [0.29, 0.717) is 18.2 Å². The maximum atomic E-state index is 6.21.